The van der Waals surface area contributed by atoms with Crippen LogP contribution in [-0.2, 0) is 26.6 Å². The van der Waals surface area contributed by atoms with Crippen LogP contribution in [0.25, 0.3) is 11.0 Å². The zero-order chi connectivity index (χ0) is 22.6. The molecule has 1 amide bonds. The normalized spacial score (nSPS) is 18.7. The summed E-state index contributed by atoms with van der Waals surface area (Å²) in [5.41, 5.74) is -1.67. The van der Waals surface area contributed by atoms with Crippen molar-refractivity contribution in [3.63, 3.8) is 0 Å². The van der Waals surface area contributed by atoms with Gasteiger partial charge in [-0.1, -0.05) is 36.7 Å². The number of nitrogens with zero attached hydrogens (tertiary/aromatic N) is 1. The summed E-state index contributed by atoms with van der Waals surface area (Å²) in [4.78, 5) is 25.1. The van der Waals surface area contributed by atoms with Crippen molar-refractivity contribution in [1.82, 2.24) is 4.90 Å². The molecule has 1 aromatic heterocycles. The fourth-order valence-electron chi connectivity index (χ4n) is 4.24. The summed E-state index contributed by atoms with van der Waals surface area (Å²) in [6.07, 6.45) is -1.32. The number of aliphatic carboxylic acids is 1. The Hall–Kier alpha value is -3.04. The van der Waals surface area contributed by atoms with Crippen LogP contribution in [-0.4, -0.2) is 42.1 Å². The molecule has 1 aliphatic heterocycles. The summed E-state index contributed by atoms with van der Waals surface area (Å²) in [5, 5.41) is 20.0. The van der Waals surface area contributed by atoms with Gasteiger partial charge in [0.15, 0.2) is 11.1 Å². The van der Waals surface area contributed by atoms with Gasteiger partial charge in [0.1, 0.15) is 5.76 Å². The predicted molar refractivity (Wildman–Crippen MR) is 111 cm³/mol. The fourth-order valence-corrected chi connectivity index (χ4v) is 5.90. The first-order valence-corrected chi connectivity index (χ1v) is 11.3. The highest BCUT2D eigenvalue weighted by molar-refractivity contribution is 7.91. The summed E-state index contributed by atoms with van der Waals surface area (Å²) in [7, 11) is -3.95. The monoisotopic (exact) mass is 463 g/mol. The lowest BCUT2D eigenvalue weighted by atomic mass is 9.80. The fraction of sp³-hybridized carbons (Fsp3) is 0.238. The largest absolute Gasteiger partial charge is 0.479 e. The van der Waals surface area contributed by atoms with Crippen LogP contribution in [0, 0.1) is 0 Å². The number of rotatable bonds is 4. The molecule has 0 saturated heterocycles. The highest BCUT2D eigenvalue weighted by atomic mass is 35.5. The minimum absolute atomic E-state index is 0.00123. The number of sulfone groups is 1. The van der Waals surface area contributed by atoms with Crippen molar-refractivity contribution >= 4 is 44.5 Å². The van der Waals surface area contributed by atoms with Crippen LogP contribution in [0.5, 0.6) is 0 Å². The van der Waals surface area contributed by atoms with Gasteiger partial charge in [-0.15, -0.1) is 0 Å². The van der Waals surface area contributed by atoms with E-state index in [0.29, 0.717) is 0 Å². The van der Waals surface area contributed by atoms with E-state index in [4.69, 9.17) is 16.0 Å². The summed E-state index contributed by atoms with van der Waals surface area (Å²) in [6.45, 7) is 1.49. The highest BCUT2D eigenvalue weighted by Gasteiger charge is 2.53. The van der Waals surface area contributed by atoms with Crippen molar-refractivity contribution < 1.29 is 32.6 Å². The second kappa shape index (κ2) is 7.28. The van der Waals surface area contributed by atoms with E-state index in [0.717, 1.165) is 4.90 Å². The van der Waals surface area contributed by atoms with Crippen molar-refractivity contribution in [2.45, 2.75) is 35.1 Å². The summed E-state index contributed by atoms with van der Waals surface area (Å²) < 4.78 is 32.1. The summed E-state index contributed by atoms with van der Waals surface area (Å²) in [5.74, 6) is -1.08. The van der Waals surface area contributed by atoms with Gasteiger partial charge in [0.2, 0.25) is 9.84 Å². The molecule has 31 heavy (non-hydrogen) atoms. The SMILES string of the molecule is CCC1(C(=O)O)c2c(oc3c(Cl)cc(S(=O)(=O)c4ccccc4)cc23)CCN1C(=O)O. The number of fused-ring (bicyclic) bond motifs is 3. The van der Waals surface area contributed by atoms with Gasteiger partial charge in [0.25, 0.3) is 0 Å². The number of halogens is 1. The molecule has 2 heterocycles. The molecule has 1 aliphatic rings. The molecule has 0 spiro atoms. The molecule has 0 radical (unpaired) electrons. The first kappa shape index (κ1) is 21.2. The number of carboxylic acids is 1. The lowest BCUT2D eigenvalue weighted by molar-refractivity contribution is -0.152. The van der Waals surface area contributed by atoms with Crippen LogP contribution in [0.15, 0.2) is 56.7 Å². The van der Waals surface area contributed by atoms with Gasteiger partial charge in [-0.3, -0.25) is 4.90 Å². The average molecular weight is 464 g/mol. The molecule has 4 rings (SSSR count). The van der Waals surface area contributed by atoms with Gasteiger partial charge in [-0.05, 0) is 30.7 Å². The first-order valence-electron chi connectivity index (χ1n) is 9.44. The van der Waals surface area contributed by atoms with Crippen molar-refractivity contribution in [1.29, 1.82) is 0 Å². The number of benzene rings is 2. The molecule has 0 bridgehead atoms. The maximum atomic E-state index is 13.1. The van der Waals surface area contributed by atoms with E-state index in [2.05, 4.69) is 0 Å². The topological polar surface area (TPSA) is 125 Å². The van der Waals surface area contributed by atoms with E-state index < -0.39 is 27.4 Å². The van der Waals surface area contributed by atoms with Gasteiger partial charge < -0.3 is 14.6 Å². The molecule has 2 N–H and O–H groups in total. The van der Waals surface area contributed by atoms with Gasteiger partial charge in [-0.2, -0.15) is 0 Å². The zero-order valence-corrected chi connectivity index (χ0v) is 17.9. The van der Waals surface area contributed by atoms with Crippen molar-refractivity contribution in [3.8, 4) is 0 Å². The molecule has 0 saturated carbocycles. The average Bonchev–Trinajstić information content (AvgIpc) is 3.13. The second-order valence-electron chi connectivity index (χ2n) is 7.20. The van der Waals surface area contributed by atoms with Crippen LogP contribution in [0.2, 0.25) is 5.02 Å². The third kappa shape index (κ3) is 2.99. The quantitative estimate of drug-likeness (QED) is 0.595. The maximum Gasteiger partial charge on any atom is 0.408 e. The smallest absolute Gasteiger partial charge is 0.408 e. The predicted octanol–water partition coefficient (Wildman–Crippen LogP) is 4.15. The third-order valence-electron chi connectivity index (χ3n) is 5.69. The Labute approximate surface area is 182 Å². The molecule has 3 aromatic rings. The van der Waals surface area contributed by atoms with Gasteiger partial charge in [0, 0.05) is 23.9 Å². The minimum atomic E-state index is -3.95. The Morgan fingerprint density at radius 2 is 1.84 bits per heavy atom. The van der Waals surface area contributed by atoms with E-state index in [1.54, 1.807) is 25.1 Å². The van der Waals surface area contributed by atoms with E-state index in [1.165, 1.54) is 24.3 Å². The van der Waals surface area contributed by atoms with Gasteiger partial charge >= 0.3 is 12.1 Å². The lowest BCUT2D eigenvalue weighted by Gasteiger charge is -2.41. The Morgan fingerprint density at radius 1 is 1.16 bits per heavy atom. The molecule has 2 aromatic carbocycles. The molecule has 162 valence electrons. The van der Waals surface area contributed by atoms with E-state index in [1.807, 2.05) is 0 Å². The highest BCUT2D eigenvalue weighted by Crippen LogP contribution is 2.46. The second-order valence-corrected chi connectivity index (χ2v) is 9.56. The standard InChI is InChI=1S/C21H18ClNO7S/c1-2-21(19(24)25)17-14-10-13(31(28,29)12-6-4-3-5-7-12)11-15(22)18(14)30-16(17)8-9-23(21)20(26)27/h3-7,10-11H,2,8-9H2,1H3,(H,24,25)(H,26,27). The molecule has 10 heteroatoms. The number of hydrogen-bond donors (Lipinski definition) is 2. The van der Waals surface area contributed by atoms with Crippen LogP contribution in [0.4, 0.5) is 4.79 Å². The number of furan rings is 1. The molecular formula is C21H18ClNO7S. The molecular weight excluding hydrogens is 446 g/mol. The van der Waals surface area contributed by atoms with Gasteiger partial charge in [-0.25, -0.2) is 18.0 Å². The van der Waals surface area contributed by atoms with Gasteiger partial charge in [0.05, 0.1) is 14.8 Å². The van der Waals surface area contributed by atoms with E-state index in [9.17, 15) is 28.2 Å². The van der Waals surface area contributed by atoms with Crippen LogP contribution in [0.3, 0.4) is 0 Å². The summed E-state index contributed by atoms with van der Waals surface area (Å²) >= 11 is 6.35. The Bertz CT molecular complexity index is 1320. The molecule has 0 aliphatic carbocycles. The number of hydrogen-bond acceptors (Lipinski definition) is 5. The molecule has 1 unspecified atom stereocenters. The Morgan fingerprint density at radius 3 is 2.42 bits per heavy atom. The third-order valence-corrected chi connectivity index (χ3v) is 7.72. The number of carboxylic acid groups (broad SMARTS) is 2. The van der Waals surface area contributed by atoms with Crippen molar-refractivity contribution in [3.05, 3.63) is 58.8 Å². The first-order chi connectivity index (χ1) is 14.6. The van der Waals surface area contributed by atoms with Crippen LogP contribution in [0.1, 0.15) is 24.7 Å². The molecule has 0 fully saturated rings. The molecule has 1 atom stereocenters. The Balaban J connectivity index is 2.06. The zero-order valence-electron chi connectivity index (χ0n) is 16.3. The Kier molecular flexibility index (Phi) is 4.98. The minimum Gasteiger partial charge on any atom is -0.479 e. The van der Waals surface area contributed by atoms with E-state index >= 15 is 0 Å². The van der Waals surface area contributed by atoms with Crippen LogP contribution >= 0.6 is 11.6 Å². The van der Waals surface area contributed by atoms with E-state index in [-0.39, 0.29) is 56.5 Å². The van der Waals surface area contributed by atoms with Crippen molar-refractivity contribution in [2.75, 3.05) is 6.54 Å². The summed E-state index contributed by atoms with van der Waals surface area (Å²) in [6, 6.07) is 10.3. The van der Waals surface area contributed by atoms with Crippen LogP contribution < -0.4 is 0 Å². The number of amides is 1. The molecule has 8 nitrogen and oxygen atoms in total. The maximum absolute atomic E-state index is 13.1. The number of carbonyl (C=O) groups is 2. The lowest BCUT2D eigenvalue weighted by Crippen LogP contribution is -2.57. The van der Waals surface area contributed by atoms with Crippen molar-refractivity contribution in [2.24, 2.45) is 0 Å².